The first kappa shape index (κ1) is 24.6. The highest BCUT2D eigenvalue weighted by Gasteiger charge is 2.48. The molecule has 1 spiro atoms. The molecule has 38 heavy (non-hydrogen) atoms. The van der Waals surface area contributed by atoms with Crippen molar-refractivity contribution in [1.82, 2.24) is 29.3 Å². The summed E-state index contributed by atoms with van der Waals surface area (Å²) in [4.78, 5) is 44.5. The predicted octanol–water partition coefficient (Wildman–Crippen LogP) is 2.74. The van der Waals surface area contributed by atoms with Crippen LogP contribution in [0.5, 0.6) is 0 Å². The van der Waals surface area contributed by atoms with Gasteiger partial charge in [0.15, 0.2) is 0 Å². The fourth-order valence-electron chi connectivity index (χ4n) is 5.99. The van der Waals surface area contributed by atoms with Gasteiger partial charge >= 0.3 is 6.09 Å². The largest absolute Gasteiger partial charge is 0.465 e. The summed E-state index contributed by atoms with van der Waals surface area (Å²) in [5.74, 6) is 0.453. The van der Waals surface area contributed by atoms with Gasteiger partial charge in [0.25, 0.3) is 5.91 Å². The zero-order valence-corrected chi connectivity index (χ0v) is 21.6. The van der Waals surface area contributed by atoms with Crippen LogP contribution in [0.15, 0.2) is 30.6 Å². The molecule has 3 aromatic rings. The molecule has 0 aromatic carbocycles. The molecule has 1 saturated heterocycles. The third-order valence-electron chi connectivity index (χ3n) is 8.22. The average molecular weight is 521 g/mol. The molecular weight excluding hydrogens is 488 g/mol. The summed E-state index contributed by atoms with van der Waals surface area (Å²) in [6, 6.07) is 5.65. The van der Waals surface area contributed by atoms with Crippen LogP contribution in [0.1, 0.15) is 36.2 Å². The number of nitrogens with one attached hydrogen (secondary N) is 1. The lowest BCUT2D eigenvalue weighted by Crippen LogP contribution is -2.56. The van der Waals surface area contributed by atoms with Crippen LogP contribution in [0, 0.1) is 0 Å². The lowest BCUT2D eigenvalue weighted by molar-refractivity contribution is 0.0100. The minimum Gasteiger partial charge on any atom is -0.465 e. The first-order chi connectivity index (χ1) is 18.4. The Morgan fingerprint density at radius 2 is 1.89 bits per heavy atom. The number of hydrogen-bond acceptors (Lipinski definition) is 9. The summed E-state index contributed by atoms with van der Waals surface area (Å²) in [5.41, 5.74) is 1.44. The summed E-state index contributed by atoms with van der Waals surface area (Å²) in [6.45, 7) is 4.08. The molecule has 2 amide bonds. The number of methoxy groups -OCH3 is 1. The van der Waals surface area contributed by atoms with E-state index in [1.54, 1.807) is 19.4 Å². The van der Waals surface area contributed by atoms with Crippen LogP contribution in [-0.4, -0.2) is 99.4 Å². The van der Waals surface area contributed by atoms with Gasteiger partial charge in [-0.25, -0.2) is 19.7 Å². The second-order valence-corrected chi connectivity index (χ2v) is 10.5. The molecule has 200 valence electrons. The van der Waals surface area contributed by atoms with Crippen LogP contribution >= 0.6 is 0 Å². The molecule has 6 rings (SSSR count). The number of pyridine rings is 1. The Morgan fingerprint density at radius 1 is 1.13 bits per heavy atom. The van der Waals surface area contributed by atoms with E-state index in [9.17, 15) is 14.7 Å². The summed E-state index contributed by atoms with van der Waals surface area (Å²) < 4.78 is 7.51. The Bertz CT molecular complexity index is 1360. The second-order valence-electron chi connectivity index (χ2n) is 10.5. The molecule has 5 heterocycles. The van der Waals surface area contributed by atoms with Crippen LogP contribution in [0.25, 0.3) is 11.0 Å². The number of fused-ring (bicyclic) bond motifs is 4. The molecular formula is C26H32N8O4. The van der Waals surface area contributed by atoms with E-state index in [1.807, 2.05) is 22.9 Å². The molecule has 1 saturated carbocycles. The fourth-order valence-corrected chi connectivity index (χ4v) is 5.99. The number of hydrogen-bond donors (Lipinski definition) is 2. The molecule has 3 aromatic heterocycles. The number of carbonyl (C=O) groups is 2. The van der Waals surface area contributed by atoms with Crippen molar-refractivity contribution in [2.45, 2.75) is 37.3 Å². The van der Waals surface area contributed by atoms with Crippen LogP contribution in [-0.2, 0) is 10.3 Å². The van der Waals surface area contributed by atoms with Crippen LogP contribution in [0.4, 0.5) is 22.2 Å². The monoisotopic (exact) mass is 520 g/mol. The summed E-state index contributed by atoms with van der Waals surface area (Å²) >= 11 is 0. The maximum atomic E-state index is 13.1. The number of anilines is 3. The second kappa shape index (κ2) is 9.52. The summed E-state index contributed by atoms with van der Waals surface area (Å²) in [7, 11) is 3.83. The topological polar surface area (TPSA) is 129 Å². The van der Waals surface area contributed by atoms with Gasteiger partial charge in [-0.2, -0.15) is 4.98 Å². The summed E-state index contributed by atoms with van der Waals surface area (Å²) in [6.07, 6.45) is 5.32. The van der Waals surface area contributed by atoms with E-state index < -0.39 is 17.5 Å². The van der Waals surface area contributed by atoms with Crippen LogP contribution in [0.2, 0.25) is 0 Å². The Hall–Kier alpha value is -3.77. The molecule has 3 aliphatic rings. The van der Waals surface area contributed by atoms with Crippen LogP contribution in [0.3, 0.4) is 0 Å². The van der Waals surface area contributed by atoms with Gasteiger partial charge in [0, 0.05) is 44.9 Å². The Morgan fingerprint density at radius 3 is 2.55 bits per heavy atom. The Kier molecular flexibility index (Phi) is 6.15. The smallest absolute Gasteiger partial charge is 0.414 e. The van der Waals surface area contributed by atoms with E-state index in [4.69, 9.17) is 9.72 Å². The highest BCUT2D eigenvalue weighted by Crippen LogP contribution is 2.43. The van der Waals surface area contributed by atoms with Crippen molar-refractivity contribution in [3.63, 3.8) is 0 Å². The van der Waals surface area contributed by atoms with Crippen molar-refractivity contribution in [2.75, 3.05) is 57.1 Å². The maximum absolute atomic E-state index is 13.1. The molecule has 2 fully saturated rings. The van der Waals surface area contributed by atoms with Crippen molar-refractivity contribution in [1.29, 1.82) is 0 Å². The SMILES string of the molecule is COC1CCC2(CC1)CN(C(=O)O)C(=O)c1cc3cnc(Nc4ccc(N5CCN(C)CC5)cn4)nc3n12. The number of ether oxygens (including phenoxy) is 1. The number of aromatic nitrogens is 4. The first-order valence-corrected chi connectivity index (χ1v) is 13.0. The average Bonchev–Trinajstić information content (AvgIpc) is 3.32. The van der Waals surface area contributed by atoms with Gasteiger partial charge in [-0.05, 0) is 50.9 Å². The number of nitrogens with zero attached hydrogens (tertiary/aromatic N) is 7. The van der Waals surface area contributed by atoms with Gasteiger partial charge in [0.2, 0.25) is 5.95 Å². The predicted molar refractivity (Wildman–Crippen MR) is 141 cm³/mol. The van der Waals surface area contributed by atoms with Crippen molar-refractivity contribution in [3.8, 4) is 0 Å². The van der Waals surface area contributed by atoms with Crippen molar-refractivity contribution >= 4 is 40.5 Å². The normalized spacial score (nSPS) is 24.2. The first-order valence-electron chi connectivity index (χ1n) is 13.0. The maximum Gasteiger partial charge on any atom is 0.414 e. The third-order valence-corrected chi connectivity index (χ3v) is 8.22. The van der Waals surface area contributed by atoms with Gasteiger partial charge in [0.1, 0.15) is 17.2 Å². The molecule has 0 unspecified atom stereocenters. The molecule has 1 aliphatic carbocycles. The lowest BCUT2D eigenvalue weighted by Gasteiger charge is -2.46. The molecule has 0 atom stereocenters. The van der Waals surface area contributed by atoms with E-state index in [2.05, 4.69) is 32.1 Å². The number of carboxylic acid groups (broad SMARTS) is 1. The van der Waals surface area contributed by atoms with Gasteiger partial charge in [0.05, 0.1) is 30.1 Å². The molecule has 0 radical (unpaired) electrons. The van der Waals surface area contributed by atoms with Gasteiger partial charge < -0.3 is 29.5 Å². The Balaban J connectivity index is 1.31. The van der Waals surface area contributed by atoms with Gasteiger partial charge in [-0.1, -0.05) is 0 Å². The standard InChI is InChI=1S/C26H32N8O4/c1-31-9-11-32(12-10-31)18-3-4-21(27-15-18)29-24-28-14-17-13-20-23(35)33(25(36)37)16-26(34(20)22(17)30-24)7-5-19(38-2)6-8-26/h3-4,13-15,19H,5-12,16H2,1-2H3,(H,36,37)(H,27,28,29,30). The van der Waals surface area contributed by atoms with Crippen molar-refractivity contribution < 1.29 is 19.4 Å². The van der Waals surface area contributed by atoms with Crippen LogP contribution < -0.4 is 10.2 Å². The zero-order chi connectivity index (χ0) is 26.4. The molecule has 12 nitrogen and oxygen atoms in total. The number of amides is 2. The van der Waals surface area contributed by atoms with E-state index in [-0.39, 0.29) is 12.6 Å². The Labute approximate surface area is 220 Å². The molecule has 2 N–H and O–H groups in total. The van der Waals surface area contributed by atoms with Crippen molar-refractivity contribution in [2.24, 2.45) is 0 Å². The van der Waals surface area contributed by atoms with Crippen molar-refractivity contribution in [3.05, 3.63) is 36.3 Å². The molecule has 12 heteroatoms. The summed E-state index contributed by atoms with van der Waals surface area (Å²) in [5, 5.41) is 13.7. The highest BCUT2D eigenvalue weighted by atomic mass is 16.5. The van der Waals surface area contributed by atoms with E-state index in [0.29, 0.717) is 41.3 Å². The lowest BCUT2D eigenvalue weighted by atomic mass is 9.78. The molecule has 2 aliphatic heterocycles. The minimum atomic E-state index is -1.24. The number of piperazine rings is 1. The quantitative estimate of drug-likeness (QED) is 0.530. The minimum absolute atomic E-state index is 0.0937. The molecule has 0 bridgehead atoms. The number of rotatable bonds is 4. The van der Waals surface area contributed by atoms with Gasteiger partial charge in [-0.3, -0.25) is 4.79 Å². The van der Waals surface area contributed by atoms with E-state index in [1.165, 1.54) is 0 Å². The number of imide groups is 1. The highest BCUT2D eigenvalue weighted by molar-refractivity contribution is 6.05. The van der Waals surface area contributed by atoms with E-state index >= 15 is 0 Å². The number of likely N-dealkylation sites (N-methyl/N-ethyl adjacent to an activating group) is 1. The van der Waals surface area contributed by atoms with Gasteiger partial charge in [-0.15, -0.1) is 0 Å². The van der Waals surface area contributed by atoms with E-state index in [0.717, 1.165) is 49.6 Å². The fraction of sp³-hybridized carbons (Fsp3) is 0.500. The number of carbonyl (C=O) groups excluding carboxylic acids is 1. The third kappa shape index (κ3) is 4.23. The zero-order valence-electron chi connectivity index (χ0n) is 21.6.